The van der Waals surface area contributed by atoms with Gasteiger partial charge >= 0.3 is 109 Å². The van der Waals surface area contributed by atoms with Crippen LogP contribution in [0.1, 0.15) is 11.5 Å². The molecule has 88 valence electrons. The SMILES string of the molecule is O=[As]1(c2ccccc2)c2ccccc2C2C=CC21. The summed E-state index contributed by atoms with van der Waals surface area (Å²) in [4.78, 5) is 0. The zero-order valence-electron chi connectivity index (χ0n) is 9.86. The summed E-state index contributed by atoms with van der Waals surface area (Å²) in [6.07, 6.45) is 4.35. The number of benzene rings is 2. The van der Waals surface area contributed by atoms with Crippen LogP contribution in [0.2, 0.25) is 4.71 Å². The van der Waals surface area contributed by atoms with E-state index in [0.29, 0.717) is 5.92 Å². The van der Waals surface area contributed by atoms with Crippen LogP contribution in [0.3, 0.4) is 0 Å². The molecule has 18 heavy (non-hydrogen) atoms. The van der Waals surface area contributed by atoms with E-state index in [1.165, 1.54) is 5.56 Å². The molecule has 2 heteroatoms. The van der Waals surface area contributed by atoms with Crippen LogP contribution in [0.15, 0.2) is 66.7 Å². The van der Waals surface area contributed by atoms with Crippen LogP contribution in [0.4, 0.5) is 0 Å². The zero-order valence-corrected chi connectivity index (χ0v) is 11.7. The Balaban J connectivity index is 2.02. The summed E-state index contributed by atoms with van der Waals surface area (Å²) in [6.45, 7) is 0. The maximum atomic E-state index is 13.6. The van der Waals surface area contributed by atoms with Crippen molar-refractivity contribution in [2.45, 2.75) is 10.6 Å². The van der Waals surface area contributed by atoms with Gasteiger partial charge in [-0.3, -0.25) is 0 Å². The van der Waals surface area contributed by atoms with Crippen molar-refractivity contribution >= 4 is 22.2 Å². The van der Waals surface area contributed by atoms with Crippen LogP contribution in [0.25, 0.3) is 0 Å². The van der Waals surface area contributed by atoms with Crippen LogP contribution in [0.5, 0.6) is 0 Å². The summed E-state index contributed by atoms with van der Waals surface area (Å²) < 4.78 is 16.1. The molecule has 0 amide bonds. The van der Waals surface area contributed by atoms with Crippen molar-refractivity contribution in [1.82, 2.24) is 0 Å². The van der Waals surface area contributed by atoms with E-state index in [1.807, 2.05) is 36.4 Å². The number of allylic oxidation sites excluding steroid dienone is 2. The molecular formula is C16H13AsO. The Labute approximate surface area is 109 Å². The molecule has 2 aromatic carbocycles. The molecule has 0 radical (unpaired) electrons. The monoisotopic (exact) mass is 296 g/mol. The second-order valence-corrected chi connectivity index (χ2v) is 11.1. The fourth-order valence-electron chi connectivity index (χ4n) is 3.15. The first kappa shape index (κ1) is 10.5. The van der Waals surface area contributed by atoms with Crippen molar-refractivity contribution in [2.75, 3.05) is 0 Å². The molecule has 1 aliphatic carbocycles. The summed E-state index contributed by atoms with van der Waals surface area (Å²) in [7, 11) is 0. The molecule has 0 aromatic heterocycles. The zero-order chi connectivity index (χ0) is 12.2. The molecule has 4 rings (SSSR count). The first-order valence-electron chi connectivity index (χ1n) is 6.25. The Kier molecular flexibility index (Phi) is 2.05. The molecule has 0 saturated carbocycles. The van der Waals surface area contributed by atoms with Gasteiger partial charge in [0.1, 0.15) is 0 Å². The molecule has 2 aliphatic rings. The van der Waals surface area contributed by atoms with Crippen molar-refractivity contribution in [3.8, 4) is 0 Å². The van der Waals surface area contributed by atoms with Gasteiger partial charge in [0.2, 0.25) is 0 Å². The summed E-state index contributed by atoms with van der Waals surface area (Å²) in [5.41, 5.74) is 1.29. The molecule has 0 saturated heterocycles. The van der Waals surface area contributed by atoms with E-state index in [4.69, 9.17) is 0 Å². The van der Waals surface area contributed by atoms with Gasteiger partial charge in [0.05, 0.1) is 0 Å². The molecule has 0 bridgehead atoms. The fourth-order valence-corrected chi connectivity index (χ4v) is 10.6. The second-order valence-electron chi connectivity index (χ2n) is 4.95. The predicted molar refractivity (Wildman–Crippen MR) is 74.2 cm³/mol. The molecule has 0 fully saturated rings. The third-order valence-corrected chi connectivity index (χ3v) is 11.5. The van der Waals surface area contributed by atoms with Crippen LogP contribution in [0, 0.1) is 0 Å². The van der Waals surface area contributed by atoms with Crippen molar-refractivity contribution in [1.29, 1.82) is 0 Å². The predicted octanol–water partition coefficient (Wildman–Crippen LogP) is 2.21. The van der Waals surface area contributed by atoms with Crippen LogP contribution < -0.4 is 8.70 Å². The Morgan fingerprint density at radius 3 is 2.28 bits per heavy atom. The standard InChI is InChI=1S/C16H13AsO/c18-17(12-6-2-1-3-7-12)15-9-5-4-8-13(15)14-10-11-16(14)17/h1-11,14,16H. The van der Waals surface area contributed by atoms with E-state index < -0.39 is 13.5 Å². The molecule has 3 atom stereocenters. The van der Waals surface area contributed by atoms with Gasteiger partial charge in [0.25, 0.3) is 0 Å². The van der Waals surface area contributed by atoms with E-state index in [2.05, 4.69) is 30.4 Å². The van der Waals surface area contributed by atoms with E-state index in [0.717, 1.165) is 8.70 Å². The van der Waals surface area contributed by atoms with Gasteiger partial charge in [-0.1, -0.05) is 0 Å². The van der Waals surface area contributed by atoms with Gasteiger partial charge in [-0.05, 0) is 0 Å². The number of fused-ring (bicyclic) bond motifs is 3. The Hall–Kier alpha value is -1.46. The van der Waals surface area contributed by atoms with Gasteiger partial charge in [-0.15, -0.1) is 0 Å². The van der Waals surface area contributed by atoms with Gasteiger partial charge in [-0.2, -0.15) is 0 Å². The molecule has 3 unspecified atom stereocenters. The molecular weight excluding hydrogens is 283 g/mol. The summed E-state index contributed by atoms with van der Waals surface area (Å²) in [5.74, 6) is 0.395. The second kappa shape index (κ2) is 3.52. The first-order valence-corrected chi connectivity index (χ1v) is 9.97. The van der Waals surface area contributed by atoms with Gasteiger partial charge in [0, 0.05) is 0 Å². The van der Waals surface area contributed by atoms with Crippen molar-refractivity contribution in [3.63, 3.8) is 0 Å². The average molecular weight is 296 g/mol. The van der Waals surface area contributed by atoms with E-state index in [-0.39, 0.29) is 4.71 Å². The average Bonchev–Trinajstić information content (AvgIpc) is 2.55. The van der Waals surface area contributed by atoms with Gasteiger partial charge in [-0.25, -0.2) is 0 Å². The van der Waals surface area contributed by atoms with E-state index in [1.54, 1.807) is 0 Å². The number of hydrogen-bond donors (Lipinski definition) is 0. The maximum absolute atomic E-state index is 13.6. The van der Waals surface area contributed by atoms with Gasteiger partial charge < -0.3 is 0 Å². The fraction of sp³-hybridized carbons (Fsp3) is 0.125. The Morgan fingerprint density at radius 1 is 0.833 bits per heavy atom. The number of rotatable bonds is 1. The Bertz CT molecular complexity index is 687. The van der Waals surface area contributed by atoms with Gasteiger partial charge in [0.15, 0.2) is 0 Å². The normalized spacial score (nSPS) is 31.6. The van der Waals surface area contributed by atoms with Crippen molar-refractivity contribution in [2.24, 2.45) is 0 Å². The minimum atomic E-state index is -3.20. The third kappa shape index (κ3) is 1.13. The molecule has 1 nitrogen and oxygen atoms in total. The summed E-state index contributed by atoms with van der Waals surface area (Å²) >= 11 is -3.20. The van der Waals surface area contributed by atoms with Crippen LogP contribution >= 0.6 is 0 Å². The Morgan fingerprint density at radius 2 is 1.56 bits per heavy atom. The first-order chi connectivity index (χ1) is 8.82. The van der Waals surface area contributed by atoms with Crippen LogP contribution in [-0.4, -0.2) is 13.5 Å². The third-order valence-electron chi connectivity index (χ3n) is 4.10. The van der Waals surface area contributed by atoms with Crippen molar-refractivity contribution < 1.29 is 3.74 Å². The molecule has 0 spiro atoms. The van der Waals surface area contributed by atoms with Crippen LogP contribution in [-0.2, 0) is 3.74 Å². The minimum absolute atomic E-state index is 0.253. The summed E-state index contributed by atoms with van der Waals surface area (Å²) in [5, 5.41) is 0. The molecule has 2 aromatic rings. The number of hydrogen-bond acceptors (Lipinski definition) is 1. The summed E-state index contributed by atoms with van der Waals surface area (Å²) in [6, 6.07) is 18.3. The molecule has 1 aliphatic heterocycles. The topological polar surface area (TPSA) is 17.1 Å². The quantitative estimate of drug-likeness (QED) is 0.582. The molecule has 0 N–H and O–H groups in total. The van der Waals surface area contributed by atoms with E-state index >= 15 is 0 Å². The van der Waals surface area contributed by atoms with E-state index in [9.17, 15) is 3.74 Å². The molecule has 1 heterocycles. The van der Waals surface area contributed by atoms with Crippen molar-refractivity contribution in [3.05, 3.63) is 72.3 Å².